The molecule has 1 aliphatic rings. The minimum atomic E-state index is -1.90. The third-order valence-corrected chi connectivity index (χ3v) is 18.0. The van der Waals surface area contributed by atoms with Crippen LogP contribution in [0.15, 0.2) is 17.1 Å². The van der Waals surface area contributed by atoms with E-state index >= 15 is 0 Å². The van der Waals surface area contributed by atoms with E-state index < -0.39 is 16.6 Å². The first kappa shape index (κ1) is 26.6. The van der Waals surface area contributed by atoms with E-state index in [1.54, 1.807) is 28.6 Å². The van der Waals surface area contributed by atoms with E-state index in [0.717, 1.165) is 12.2 Å². The lowest BCUT2D eigenvalue weighted by Crippen LogP contribution is -2.48. The molecule has 1 atom stereocenters. The van der Waals surface area contributed by atoms with Gasteiger partial charge in [0.25, 0.3) is 0 Å². The standard InChI is InChI=1S/C22H43N3O3SSi2/c1-20(2,3)30(7,8)27-14-22(15-28-31(9,10)21(4,5)6)13-18(29-16-22)25-12-11-17(23)24-19(25)26/h11-12,18H,13-16H2,1-10H3,(H2,23,24,26). The van der Waals surface area contributed by atoms with Gasteiger partial charge in [-0.15, -0.1) is 11.8 Å². The van der Waals surface area contributed by atoms with Crippen molar-refractivity contribution in [2.75, 3.05) is 24.7 Å². The molecule has 0 aromatic carbocycles. The third-order valence-electron chi connectivity index (χ3n) is 7.44. The number of hydrogen-bond donors (Lipinski definition) is 1. The number of nitrogen functional groups attached to an aromatic ring is 1. The van der Waals surface area contributed by atoms with E-state index in [1.807, 2.05) is 0 Å². The molecule has 1 aromatic rings. The lowest BCUT2D eigenvalue weighted by molar-refractivity contribution is 0.0782. The zero-order valence-electron chi connectivity index (χ0n) is 21.2. The lowest BCUT2D eigenvalue weighted by atomic mass is 9.89. The summed E-state index contributed by atoms with van der Waals surface area (Å²) < 4.78 is 15.1. The number of anilines is 1. The molecule has 0 saturated carbocycles. The summed E-state index contributed by atoms with van der Waals surface area (Å²) in [5.74, 6) is 1.16. The van der Waals surface area contributed by atoms with Crippen molar-refractivity contribution in [3.8, 4) is 0 Å². The normalized spacial score (nSPS) is 20.3. The van der Waals surface area contributed by atoms with Gasteiger partial charge in [-0.3, -0.25) is 4.57 Å². The molecule has 1 unspecified atom stereocenters. The van der Waals surface area contributed by atoms with Crippen molar-refractivity contribution in [3.05, 3.63) is 22.7 Å². The molecular weight excluding hydrogens is 442 g/mol. The second kappa shape index (κ2) is 8.97. The van der Waals surface area contributed by atoms with Crippen LogP contribution in [-0.4, -0.2) is 45.2 Å². The molecule has 2 N–H and O–H groups in total. The van der Waals surface area contributed by atoms with Crippen LogP contribution in [0.4, 0.5) is 5.82 Å². The quantitative estimate of drug-likeness (QED) is 0.514. The van der Waals surface area contributed by atoms with Crippen LogP contribution in [0.25, 0.3) is 0 Å². The third kappa shape index (κ3) is 6.25. The van der Waals surface area contributed by atoms with Gasteiger partial charge in [-0.25, -0.2) is 4.79 Å². The number of rotatable bonds is 7. The maximum atomic E-state index is 12.4. The summed E-state index contributed by atoms with van der Waals surface area (Å²) in [6.45, 7) is 24.1. The predicted molar refractivity (Wildman–Crippen MR) is 138 cm³/mol. The van der Waals surface area contributed by atoms with Crippen molar-refractivity contribution >= 4 is 34.2 Å². The molecular formula is C22H43N3O3SSi2. The van der Waals surface area contributed by atoms with Crippen molar-refractivity contribution in [2.45, 2.75) is 89.6 Å². The van der Waals surface area contributed by atoms with Gasteiger partial charge in [-0.05, 0) is 48.8 Å². The number of nitrogens with zero attached hydrogens (tertiary/aromatic N) is 2. The first-order chi connectivity index (χ1) is 13.9. The Kier molecular flexibility index (Phi) is 7.70. The first-order valence-electron chi connectivity index (χ1n) is 11.1. The summed E-state index contributed by atoms with van der Waals surface area (Å²) in [7, 11) is -3.80. The summed E-state index contributed by atoms with van der Waals surface area (Å²) in [6.07, 6.45) is 2.59. The molecule has 178 valence electrons. The van der Waals surface area contributed by atoms with Crippen LogP contribution in [0.1, 0.15) is 53.3 Å². The van der Waals surface area contributed by atoms with Crippen LogP contribution in [0.2, 0.25) is 36.3 Å². The van der Waals surface area contributed by atoms with Crippen molar-refractivity contribution < 1.29 is 8.85 Å². The maximum Gasteiger partial charge on any atom is 0.350 e. The minimum absolute atomic E-state index is 0.0200. The Balaban J connectivity index is 2.27. The van der Waals surface area contributed by atoms with E-state index in [9.17, 15) is 4.79 Å². The van der Waals surface area contributed by atoms with Crippen molar-refractivity contribution in [2.24, 2.45) is 5.41 Å². The Morgan fingerprint density at radius 2 is 1.58 bits per heavy atom. The molecule has 2 heterocycles. The Bertz CT molecular complexity index is 799. The smallest absolute Gasteiger partial charge is 0.350 e. The lowest BCUT2D eigenvalue weighted by Gasteiger charge is -2.42. The Morgan fingerprint density at radius 3 is 2.00 bits per heavy atom. The van der Waals surface area contributed by atoms with Gasteiger partial charge in [0, 0.05) is 30.6 Å². The highest BCUT2D eigenvalue weighted by molar-refractivity contribution is 7.99. The average Bonchev–Trinajstić information content (AvgIpc) is 3.01. The molecule has 0 aliphatic carbocycles. The zero-order chi connectivity index (χ0) is 23.9. The van der Waals surface area contributed by atoms with E-state index in [1.165, 1.54) is 0 Å². The molecule has 0 radical (unpaired) electrons. The monoisotopic (exact) mass is 485 g/mol. The second-order valence-corrected chi connectivity index (χ2v) is 22.9. The Morgan fingerprint density at radius 1 is 1.10 bits per heavy atom. The molecule has 0 spiro atoms. The van der Waals surface area contributed by atoms with Crippen molar-refractivity contribution in [1.82, 2.24) is 9.55 Å². The molecule has 2 rings (SSSR count). The van der Waals surface area contributed by atoms with Crippen molar-refractivity contribution in [3.63, 3.8) is 0 Å². The van der Waals surface area contributed by atoms with Gasteiger partial charge in [0.15, 0.2) is 16.6 Å². The van der Waals surface area contributed by atoms with Crippen LogP contribution in [-0.2, 0) is 8.85 Å². The number of nitrogens with two attached hydrogens (primary N) is 1. The number of aromatic nitrogens is 2. The molecule has 1 aromatic heterocycles. The van der Waals surface area contributed by atoms with Gasteiger partial charge >= 0.3 is 5.69 Å². The molecule has 31 heavy (non-hydrogen) atoms. The molecule has 0 bridgehead atoms. The second-order valence-electron chi connectivity index (χ2n) is 12.1. The van der Waals surface area contributed by atoms with Crippen LogP contribution in [0, 0.1) is 5.41 Å². The topological polar surface area (TPSA) is 79.4 Å². The van der Waals surface area contributed by atoms with Gasteiger partial charge in [0.05, 0.1) is 5.37 Å². The molecule has 1 saturated heterocycles. The zero-order valence-corrected chi connectivity index (χ0v) is 24.0. The predicted octanol–water partition coefficient (Wildman–Crippen LogP) is 5.49. The SMILES string of the molecule is CC(C)(C)[Si](C)(C)OCC1(CO[Si](C)(C)C(C)(C)C)CSC(n2ccc(N)nc2=O)C1. The fourth-order valence-electron chi connectivity index (χ4n) is 2.93. The molecule has 6 nitrogen and oxygen atoms in total. The number of hydrogen-bond acceptors (Lipinski definition) is 6. The molecule has 9 heteroatoms. The van der Waals surface area contributed by atoms with Gasteiger partial charge < -0.3 is 14.6 Å². The summed E-state index contributed by atoms with van der Waals surface area (Å²) in [5, 5.41) is 0.321. The van der Waals surface area contributed by atoms with Crippen LogP contribution >= 0.6 is 11.8 Å². The van der Waals surface area contributed by atoms with Crippen LogP contribution in [0.5, 0.6) is 0 Å². The van der Waals surface area contributed by atoms with Gasteiger partial charge in [0.2, 0.25) is 0 Å². The van der Waals surface area contributed by atoms with Crippen molar-refractivity contribution in [1.29, 1.82) is 0 Å². The highest BCUT2D eigenvalue weighted by Gasteiger charge is 2.47. The fourth-order valence-corrected chi connectivity index (χ4v) is 6.75. The van der Waals surface area contributed by atoms with Gasteiger partial charge in [0.1, 0.15) is 5.82 Å². The van der Waals surface area contributed by atoms with E-state index in [0.29, 0.717) is 13.2 Å². The number of thioether (sulfide) groups is 1. The highest BCUT2D eigenvalue weighted by atomic mass is 32.2. The van der Waals surface area contributed by atoms with E-state index in [4.69, 9.17) is 14.6 Å². The summed E-state index contributed by atoms with van der Waals surface area (Å²) in [6, 6.07) is 1.69. The average molecular weight is 486 g/mol. The fraction of sp³-hybridized carbons (Fsp3) is 0.818. The molecule has 0 amide bonds. The summed E-state index contributed by atoms with van der Waals surface area (Å²) in [4.78, 5) is 16.4. The molecule has 1 aliphatic heterocycles. The Labute approximate surface area is 195 Å². The van der Waals surface area contributed by atoms with Crippen LogP contribution < -0.4 is 11.4 Å². The molecule has 1 fully saturated rings. The summed E-state index contributed by atoms with van der Waals surface area (Å²) in [5.41, 5.74) is 5.28. The van der Waals surface area contributed by atoms with Gasteiger partial charge in [-0.1, -0.05) is 41.5 Å². The minimum Gasteiger partial charge on any atom is -0.416 e. The van der Waals surface area contributed by atoms with E-state index in [2.05, 4.69) is 72.7 Å². The maximum absolute atomic E-state index is 12.4. The Hall–Kier alpha value is -0.616. The largest absolute Gasteiger partial charge is 0.416 e. The summed E-state index contributed by atoms with van der Waals surface area (Å²) >= 11 is 1.79. The first-order valence-corrected chi connectivity index (χ1v) is 18.0. The van der Waals surface area contributed by atoms with E-state index in [-0.39, 0.29) is 32.4 Å². The highest BCUT2D eigenvalue weighted by Crippen LogP contribution is 2.49. The van der Waals surface area contributed by atoms with Crippen LogP contribution in [0.3, 0.4) is 0 Å². The van der Waals surface area contributed by atoms with Gasteiger partial charge in [-0.2, -0.15) is 4.98 Å².